The van der Waals surface area contributed by atoms with Crippen LogP contribution in [0.5, 0.6) is 0 Å². The van der Waals surface area contributed by atoms with E-state index in [1.807, 2.05) is 0 Å². The monoisotopic (exact) mass is 341 g/mol. The predicted molar refractivity (Wildman–Crippen MR) is 115 cm³/mol. The fraction of sp³-hybridized carbons (Fsp3) is 0.583. The van der Waals surface area contributed by atoms with Gasteiger partial charge in [-0.15, -0.1) is 0 Å². The molecule has 0 aliphatic carbocycles. The molecule has 140 valence electrons. The molecule has 0 saturated carbocycles. The van der Waals surface area contributed by atoms with Crippen molar-refractivity contribution in [3.63, 3.8) is 0 Å². The molecule has 0 spiro atoms. The Balaban J connectivity index is 3.15. The summed E-state index contributed by atoms with van der Waals surface area (Å²) in [4.78, 5) is 0. The zero-order valence-electron chi connectivity index (χ0n) is 17.6. The van der Waals surface area contributed by atoms with Gasteiger partial charge in [0, 0.05) is 11.3 Å². The van der Waals surface area contributed by atoms with Crippen molar-refractivity contribution in [2.24, 2.45) is 5.92 Å². The number of rotatable bonds is 9. The summed E-state index contributed by atoms with van der Waals surface area (Å²) >= 11 is 0. The molecule has 1 rings (SSSR count). The molecule has 1 heteroatoms. The number of nitrogens with two attached hydrogens (primary N) is 1. The topological polar surface area (TPSA) is 26.0 Å². The van der Waals surface area contributed by atoms with E-state index in [2.05, 4.69) is 72.8 Å². The molecule has 1 aromatic carbocycles. The first-order valence-corrected chi connectivity index (χ1v) is 10.1. The molecule has 25 heavy (non-hydrogen) atoms. The second-order valence-electron chi connectivity index (χ2n) is 7.88. The minimum Gasteiger partial charge on any atom is -0.398 e. The highest BCUT2D eigenvalue weighted by atomic mass is 14.6. The summed E-state index contributed by atoms with van der Waals surface area (Å²) in [6.07, 6.45) is 12.6. The van der Waals surface area contributed by atoms with E-state index in [0.29, 0.717) is 11.8 Å². The van der Waals surface area contributed by atoms with Gasteiger partial charge in [0.05, 0.1) is 0 Å². The first-order valence-electron chi connectivity index (χ1n) is 10.1. The van der Waals surface area contributed by atoms with Crippen LogP contribution in [0.2, 0.25) is 0 Å². The van der Waals surface area contributed by atoms with Crippen molar-refractivity contribution < 1.29 is 0 Å². The molecule has 1 aromatic rings. The number of aryl methyl sites for hydroxylation is 1. The summed E-state index contributed by atoms with van der Waals surface area (Å²) in [5, 5.41) is 0. The maximum Gasteiger partial charge on any atom is 0.0393 e. The number of benzene rings is 1. The van der Waals surface area contributed by atoms with Crippen LogP contribution in [0.4, 0.5) is 5.69 Å². The van der Waals surface area contributed by atoms with Crippen LogP contribution in [0.25, 0.3) is 6.08 Å². The standard InChI is InChI=1S/C24H39N/c1-8-11-20-16-23(25)22(21(9-2)24(20)18(5)6)15-14-19(7)13-10-12-17(3)4/h12,14-16,18-19H,8-11,13,25H2,1-7H3/b15-14-. The van der Waals surface area contributed by atoms with Gasteiger partial charge < -0.3 is 5.73 Å². The van der Waals surface area contributed by atoms with E-state index in [9.17, 15) is 0 Å². The Hall–Kier alpha value is -1.50. The molecule has 0 aliphatic rings. The molecule has 0 heterocycles. The van der Waals surface area contributed by atoms with Gasteiger partial charge in [0.25, 0.3) is 0 Å². The van der Waals surface area contributed by atoms with E-state index >= 15 is 0 Å². The summed E-state index contributed by atoms with van der Waals surface area (Å²) in [5.74, 6) is 1.11. The van der Waals surface area contributed by atoms with E-state index in [0.717, 1.165) is 24.9 Å². The Morgan fingerprint density at radius 1 is 1.16 bits per heavy atom. The van der Waals surface area contributed by atoms with Gasteiger partial charge in [-0.2, -0.15) is 0 Å². The Bertz CT molecular complexity index is 601. The molecule has 0 aromatic heterocycles. The summed E-state index contributed by atoms with van der Waals surface area (Å²) in [5.41, 5.74) is 14.5. The number of nitrogen functional groups attached to an aromatic ring is 1. The van der Waals surface area contributed by atoms with Gasteiger partial charge in [-0.05, 0) is 74.1 Å². The van der Waals surface area contributed by atoms with Crippen LogP contribution >= 0.6 is 0 Å². The van der Waals surface area contributed by atoms with Crippen LogP contribution in [0.15, 0.2) is 23.8 Å². The third-order valence-corrected chi connectivity index (χ3v) is 4.85. The quantitative estimate of drug-likeness (QED) is 0.370. The fourth-order valence-electron chi connectivity index (χ4n) is 3.62. The van der Waals surface area contributed by atoms with Crippen LogP contribution in [-0.4, -0.2) is 0 Å². The van der Waals surface area contributed by atoms with Gasteiger partial charge in [0.1, 0.15) is 0 Å². The second-order valence-corrected chi connectivity index (χ2v) is 7.88. The lowest BCUT2D eigenvalue weighted by atomic mass is 9.84. The number of anilines is 1. The second kappa shape index (κ2) is 10.5. The molecular weight excluding hydrogens is 302 g/mol. The largest absolute Gasteiger partial charge is 0.398 e. The van der Waals surface area contributed by atoms with Crippen molar-refractivity contribution in [3.8, 4) is 0 Å². The van der Waals surface area contributed by atoms with Crippen LogP contribution < -0.4 is 5.73 Å². The van der Waals surface area contributed by atoms with E-state index in [4.69, 9.17) is 5.73 Å². The van der Waals surface area contributed by atoms with Gasteiger partial charge in [0.2, 0.25) is 0 Å². The number of hydrogen-bond donors (Lipinski definition) is 1. The SMILES string of the molecule is CCCc1cc(N)c(/C=C\C(C)CCC=C(C)C)c(CC)c1C(C)C. The molecule has 1 nitrogen and oxygen atoms in total. The van der Waals surface area contributed by atoms with E-state index in [-0.39, 0.29) is 0 Å². The number of hydrogen-bond acceptors (Lipinski definition) is 1. The Morgan fingerprint density at radius 3 is 2.36 bits per heavy atom. The average Bonchev–Trinajstić information content (AvgIpc) is 2.52. The van der Waals surface area contributed by atoms with Crippen molar-refractivity contribution >= 4 is 11.8 Å². The van der Waals surface area contributed by atoms with Gasteiger partial charge in [-0.3, -0.25) is 0 Å². The molecule has 1 unspecified atom stereocenters. The molecular formula is C24H39N. The summed E-state index contributed by atoms with van der Waals surface area (Å²) < 4.78 is 0. The lowest BCUT2D eigenvalue weighted by Crippen LogP contribution is -2.07. The average molecular weight is 342 g/mol. The van der Waals surface area contributed by atoms with E-state index in [1.165, 1.54) is 40.7 Å². The highest BCUT2D eigenvalue weighted by molar-refractivity contribution is 5.71. The van der Waals surface area contributed by atoms with E-state index in [1.54, 1.807) is 0 Å². The van der Waals surface area contributed by atoms with Crippen LogP contribution in [0.3, 0.4) is 0 Å². The maximum atomic E-state index is 6.46. The highest BCUT2D eigenvalue weighted by Crippen LogP contribution is 2.33. The highest BCUT2D eigenvalue weighted by Gasteiger charge is 2.16. The lowest BCUT2D eigenvalue weighted by Gasteiger charge is -2.21. The Kier molecular flexibility index (Phi) is 9.03. The van der Waals surface area contributed by atoms with Gasteiger partial charge >= 0.3 is 0 Å². The molecule has 0 aliphatic heterocycles. The van der Waals surface area contributed by atoms with Crippen LogP contribution in [0.1, 0.15) is 95.9 Å². The molecule has 0 amide bonds. The molecule has 0 fully saturated rings. The van der Waals surface area contributed by atoms with Crippen molar-refractivity contribution in [1.82, 2.24) is 0 Å². The Morgan fingerprint density at radius 2 is 1.84 bits per heavy atom. The summed E-state index contributed by atoms with van der Waals surface area (Å²) in [6.45, 7) is 15.7. The van der Waals surface area contributed by atoms with Crippen molar-refractivity contribution in [1.29, 1.82) is 0 Å². The third-order valence-electron chi connectivity index (χ3n) is 4.85. The van der Waals surface area contributed by atoms with Gasteiger partial charge in [0.15, 0.2) is 0 Å². The van der Waals surface area contributed by atoms with Crippen LogP contribution in [0, 0.1) is 5.92 Å². The first-order chi connectivity index (χ1) is 11.8. The van der Waals surface area contributed by atoms with E-state index < -0.39 is 0 Å². The fourth-order valence-corrected chi connectivity index (χ4v) is 3.62. The minimum absolute atomic E-state index is 0.541. The smallest absolute Gasteiger partial charge is 0.0393 e. The molecule has 2 N–H and O–H groups in total. The summed E-state index contributed by atoms with van der Waals surface area (Å²) in [6, 6.07) is 2.23. The maximum absolute atomic E-state index is 6.46. The first kappa shape index (κ1) is 21.5. The predicted octanol–water partition coefficient (Wildman–Crippen LogP) is 7.30. The van der Waals surface area contributed by atoms with Crippen molar-refractivity contribution in [2.45, 2.75) is 86.5 Å². The molecule has 1 atom stereocenters. The van der Waals surface area contributed by atoms with Crippen molar-refractivity contribution in [2.75, 3.05) is 5.73 Å². The van der Waals surface area contributed by atoms with Gasteiger partial charge in [-0.25, -0.2) is 0 Å². The third kappa shape index (κ3) is 6.38. The minimum atomic E-state index is 0.541. The Labute approximate surface area is 156 Å². The molecule has 0 radical (unpaired) electrons. The molecule has 0 saturated heterocycles. The zero-order valence-corrected chi connectivity index (χ0v) is 17.6. The lowest BCUT2D eigenvalue weighted by molar-refractivity contribution is 0.659. The molecule has 0 bridgehead atoms. The van der Waals surface area contributed by atoms with Crippen LogP contribution in [-0.2, 0) is 12.8 Å². The van der Waals surface area contributed by atoms with Gasteiger partial charge in [-0.1, -0.05) is 64.8 Å². The summed E-state index contributed by atoms with van der Waals surface area (Å²) in [7, 11) is 0. The normalized spacial score (nSPS) is 12.8. The number of allylic oxidation sites excluding steroid dienone is 3. The zero-order chi connectivity index (χ0) is 19.0. The van der Waals surface area contributed by atoms with Crippen molar-refractivity contribution in [3.05, 3.63) is 46.0 Å².